The Morgan fingerprint density at radius 3 is 2.56 bits per heavy atom. The normalized spacial score (nSPS) is 28.4. The number of nitrogens with zero attached hydrogens (tertiary/aromatic N) is 1. The van der Waals surface area contributed by atoms with Gasteiger partial charge in [-0.25, -0.2) is 0 Å². The van der Waals surface area contributed by atoms with Crippen LogP contribution in [0.2, 0.25) is 0 Å². The molecule has 0 bridgehead atoms. The Hall–Kier alpha value is -2.41. The molecule has 0 spiro atoms. The maximum atomic E-state index is 5.08. The molecule has 0 aromatic heterocycles. The second-order valence-corrected chi connectivity index (χ2v) is 7.26. The third-order valence-electron chi connectivity index (χ3n) is 5.30. The Bertz CT molecular complexity index is 802. The summed E-state index contributed by atoms with van der Waals surface area (Å²) in [5.74, 6) is 1.53. The van der Waals surface area contributed by atoms with Crippen LogP contribution in [-0.4, -0.2) is 5.71 Å². The summed E-state index contributed by atoms with van der Waals surface area (Å²) < 4.78 is 0. The van der Waals surface area contributed by atoms with Crippen molar-refractivity contribution in [2.75, 3.05) is 0 Å². The summed E-state index contributed by atoms with van der Waals surface area (Å²) in [6.07, 6.45) is 21.6. The van der Waals surface area contributed by atoms with Crippen molar-refractivity contribution < 1.29 is 0 Å². The molecule has 0 amide bonds. The van der Waals surface area contributed by atoms with Gasteiger partial charge in [0.15, 0.2) is 0 Å². The summed E-state index contributed by atoms with van der Waals surface area (Å²) in [5.41, 5.74) is 5.12. The van der Waals surface area contributed by atoms with Crippen molar-refractivity contribution in [3.05, 3.63) is 90.1 Å². The second-order valence-electron chi connectivity index (χ2n) is 7.26. The van der Waals surface area contributed by atoms with Crippen LogP contribution < -0.4 is 0 Å². The fourth-order valence-corrected chi connectivity index (χ4v) is 3.78. The van der Waals surface area contributed by atoms with Crippen LogP contribution >= 0.6 is 0 Å². The zero-order valence-electron chi connectivity index (χ0n) is 14.8. The van der Waals surface area contributed by atoms with Crippen molar-refractivity contribution in [3.8, 4) is 0 Å². The van der Waals surface area contributed by atoms with E-state index in [2.05, 4.69) is 85.9 Å². The maximum Gasteiger partial charge on any atom is 0.0668 e. The highest BCUT2D eigenvalue weighted by Crippen LogP contribution is 2.35. The Balaban J connectivity index is 1.68. The molecule has 2 aliphatic carbocycles. The Morgan fingerprint density at radius 1 is 0.960 bits per heavy atom. The first-order valence-electron chi connectivity index (χ1n) is 9.36. The molecule has 1 aromatic rings. The van der Waals surface area contributed by atoms with Gasteiger partial charge in [-0.15, -0.1) is 0 Å². The maximum absolute atomic E-state index is 5.08. The molecule has 3 atom stereocenters. The molecule has 1 aromatic carbocycles. The lowest BCUT2D eigenvalue weighted by atomic mass is 9.81. The van der Waals surface area contributed by atoms with Crippen LogP contribution in [0.5, 0.6) is 0 Å². The van der Waals surface area contributed by atoms with E-state index >= 15 is 0 Å². The number of hydrogen-bond acceptors (Lipinski definition) is 1. The molecule has 4 rings (SSSR count). The SMILES string of the molecule is CC1C=CC(C2C=C(c3ccccc3)N=C(C3C=CC=CC3)C2)=CC1. The first-order chi connectivity index (χ1) is 12.3. The van der Waals surface area contributed by atoms with Crippen molar-refractivity contribution in [1.82, 2.24) is 0 Å². The largest absolute Gasteiger partial charge is 0.257 e. The van der Waals surface area contributed by atoms with E-state index in [1.807, 2.05) is 0 Å². The van der Waals surface area contributed by atoms with Gasteiger partial charge in [0, 0.05) is 17.5 Å². The van der Waals surface area contributed by atoms with Gasteiger partial charge in [-0.1, -0.05) is 85.9 Å². The van der Waals surface area contributed by atoms with Gasteiger partial charge >= 0.3 is 0 Å². The minimum atomic E-state index is 0.436. The molecular weight excluding hydrogens is 302 g/mol. The topological polar surface area (TPSA) is 12.4 Å². The summed E-state index contributed by atoms with van der Waals surface area (Å²) in [4.78, 5) is 5.08. The van der Waals surface area contributed by atoms with Crippen molar-refractivity contribution in [3.63, 3.8) is 0 Å². The molecule has 1 heteroatoms. The van der Waals surface area contributed by atoms with E-state index in [-0.39, 0.29) is 0 Å². The zero-order valence-corrected chi connectivity index (χ0v) is 14.8. The van der Waals surface area contributed by atoms with Crippen molar-refractivity contribution >= 4 is 11.4 Å². The predicted molar refractivity (Wildman–Crippen MR) is 107 cm³/mol. The van der Waals surface area contributed by atoms with Crippen molar-refractivity contribution in [2.24, 2.45) is 22.7 Å². The van der Waals surface area contributed by atoms with Crippen LogP contribution in [0, 0.1) is 17.8 Å². The summed E-state index contributed by atoms with van der Waals surface area (Å²) in [7, 11) is 0. The minimum absolute atomic E-state index is 0.436. The highest BCUT2D eigenvalue weighted by Gasteiger charge is 2.25. The average Bonchev–Trinajstić information content (AvgIpc) is 2.69. The molecule has 0 N–H and O–H groups in total. The molecule has 3 aliphatic rings. The van der Waals surface area contributed by atoms with Crippen LogP contribution in [0.3, 0.4) is 0 Å². The average molecular weight is 327 g/mol. The van der Waals surface area contributed by atoms with Crippen LogP contribution in [0.1, 0.15) is 31.7 Å². The van der Waals surface area contributed by atoms with E-state index in [1.165, 1.54) is 16.8 Å². The Morgan fingerprint density at radius 2 is 1.84 bits per heavy atom. The van der Waals surface area contributed by atoms with Gasteiger partial charge < -0.3 is 0 Å². The summed E-state index contributed by atoms with van der Waals surface area (Å²) in [6.45, 7) is 2.28. The quantitative estimate of drug-likeness (QED) is 0.632. The molecule has 1 aliphatic heterocycles. The van der Waals surface area contributed by atoms with Crippen LogP contribution in [0.15, 0.2) is 89.5 Å². The molecular formula is C24H25N. The first kappa shape index (κ1) is 16.1. The van der Waals surface area contributed by atoms with Gasteiger partial charge in [0.1, 0.15) is 0 Å². The number of hydrogen-bond donors (Lipinski definition) is 0. The monoisotopic (exact) mass is 327 g/mol. The summed E-state index contributed by atoms with van der Waals surface area (Å²) >= 11 is 0. The molecule has 0 saturated heterocycles. The second kappa shape index (κ2) is 7.23. The number of rotatable bonds is 3. The lowest BCUT2D eigenvalue weighted by Crippen LogP contribution is -2.21. The summed E-state index contributed by atoms with van der Waals surface area (Å²) in [6, 6.07) is 10.6. The molecule has 1 nitrogen and oxygen atoms in total. The van der Waals surface area contributed by atoms with Gasteiger partial charge in [0.25, 0.3) is 0 Å². The number of benzene rings is 1. The molecule has 126 valence electrons. The van der Waals surface area contributed by atoms with Crippen LogP contribution in [0.4, 0.5) is 0 Å². The minimum Gasteiger partial charge on any atom is -0.257 e. The van der Waals surface area contributed by atoms with E-state index in [9.17, 15) is 0 Å². The van der Waals surface area contributed by atoms with E-state index in [4.69, 9.17) is 4.99 Å². The van der Waals surface area contributed by atoms with Crippen molar-refractivity contribution in [2.45, 2.75) is 26.2 Å². The smallest absolute Gasteiger partial charge is 0.0668 e. The van der Waals surface area contributed by atoms with Gasteiger partial charge in [-0.2, -0.15) is 0 Å². The highest BCUT2D eigenvalue weighted by molar-refractivity contribution is 5.95. The third kappa shape index (κ3) is 3.66. The summed E-state index contributed by atoms with van der Waals surface area (Å²) in [5, 5.41) is 0. The van der Waals surface area contributed by atoms with Gasteiger partial charge in [0.05, 0.1) is 5.70 Å². The lowest BCUT2D eigenvalue weighted by molar-refractivity contribution is 0.695. The molecule has 3 unspecified atom stereocenters. The Labute approximate surface area is 150 Å². The molecule has 25 heavy (non-hydrogen) atoms. The van der Waals surface area contributed by atoms with E-state index in [0.29, 0.717) is 17.8 Å². The lowest BCUT2D eigenvalue weighted by Gasteiger charge is -2.27. The van der Waals surface area contributed by atoms with Gasteiger partial charge in [0.2, 0.25) is 0 Å². The predicted octanol–water partition coefficient (Wildman–Crippen LogP) is 6.14. The van der Waals surface area contributed by atoms with E-state index < -0.39 is 0 Å². The van der Waals surface area contributed by atoms with Crippen LogP contribution in [-0.2, 0) is 0 Å². The fourth-order valence-electron chi connectivity index (χ4n) is 3.78. The van der Waals surface area contributed by atoms with Crippen LogP contribution in [0.25, 0.3) is 5.70 Å². The zero-order chi connectivity index (χ0) is 17.1. The molecule has 0 fully saturated rings. The molecule has 1 heterocycles. The number of allylic oxidation sites excluding steroid dienone is 9. The molecule has 0 radical (unpaired) electrons. The van der Waals surface area contributed by atoms with Gasteiger partial charge in [-0.05, 0) is 36.3 Å². The fraction of sp³-hybridized carbons (Fsp3) is 0.292. The highest BCUT2D eigenvalue weighted by atomic mass is 14.8. The van der Waals surface area contributed by atoms with Gasteiger partial charge in [-0.3, -0.25) is 4.99 Å². The first-order valence-corrected chi connectivity index (χ1v) is 9.36. The Kier molecular flexibility index (Phi) is 4.65. The van der Waals surface area contributed by atoms with E-state index in [0.717, 1.165) is 25.0 Å². The van der Waals surface area contributed by atoms with Crippen molar-refractivity contribution in [1.29, 1.82) is 0 Å². The third-order valence-corrected chi connectivity index (χ3v) is 5.30. The van der Waals surface area contributed by atoms with E-state index in [1.54, 1.807) is 0 Å². The standard InChI is InChI=1S/C24H25N/c1-18-12-14-19(15-13-18)22-16-23(20-8-4-2-5-9-20)25-24(17-22)21-10-6-3-7-11-21/h2-10,12,14-16,18,21-22H,11,13,17H2,1H3. The number of aliphatic imine (C=N–C) groups is 1. The molecule has 0 saturated carbocycles.